The molecule has 1 aromatic rings. The predicted octanol–water partition coefficient (Wildman–Crippen LogP) is 0.722. The quantitative estimate of drug-likeness (QED) is 0.721. The highest BCUT2D eigenvalue weighted by molar-refractivity contribution is 7.86. The molecular formula is C17H24N4O4S. The summed E-state index contributed by atoms with van der Waals surface area (Å²) in [5.41, 5.74) is -0.0355. The number of urea groups is 1. The van der Waals surface area contributed by atoms with E-state index in [0.29, 0.717) is 19.4 Å². The van der Waals surface area contributed by atoms with Crippen molar-refractivity contribution in [1.82, 2.24) is 18.4 Å². The van der Waals surface area contributed by atoms with Gasteiger partial charge in [0, 0.05) is 40.8 Å². The average molecular weight is 380 g/mol. The van der Waals surface area contributed by atoms with Gasteiger partial charge >= 0.3 is 6.03 Å². The van der Waals surface area contributed by atoms with Crippen LogP contribution in [0.15, 0.2) is 30.3 Å². The van der Waals surface area contributed by atoms with Gasteiger partial charge in [0.25, 0.3) is 16.1 Å². The van der Waals surface area contributed by atoms with Crippen molar-refractivity contribution in [2.75, 3.05) is 34.2 Å². The number of likely N-dealkylation sites (N-methyl/N-ethyl adjacent to an activating group) is 1. The van der Waals surface area contributed by atoms with Crippen molar-refractivity contribution in [3.8, 4) is 0 Å². The van der Waals surface area contributed by atoms with Crippen molar-refractivity contribution in [1.29, 1.82) is 0 Å². The van der Waals surface area contributed by atoms with Crippen molar-refractivity contribution < 1.29 is 18.0 Å². The molecule has 0 aromatic heterocycles. The minimum absolute atomic E-state index is 0.207. The number of carbonyl (C=O) groups excluding carboxylic acids is 2. The molecule has 1 aromatic carbocycles. The fourth-order valence-electron chi connectivity index (χ4n) is 3.67. The van der Waals surface area contributed by atoms with E-state index in [1.807, 2.05) is 30.3 Å². The van der Waals surface area contributed by atoms with Crippen molar-refractivity contribution in [3.63, 3.8) is 0 Å². The van der Waals surface area contributed by atoms with Crippen LogP contribution in [0.3, 0.4) is 0 Å². The van der Waals surface area contributed by atoms with Gasteiger partial charge in [-0.05, 0) is 18.4 Å². The molecule has 0 bridgehead atoms. The SMILES string of the molecule is CN1C(=O)N(Cc2ccccc2)C2(CCN(S(=O)(=O)N(C)C)CC2)C1=O. The Bertz CT molecular complexity index is 801. The van der Waals surface area contributed by atoms with Gasteiger partial charge in [-0.3, -0.25) is 9.69 Å². The third-order valence-electron chi connectivity index (χ3n) is 5.26. The van der Waals surface area contributed by atoms with E-state index in [9.17, 15) is 18.0 Å². The molecule has 2 fully saturated rings. The number of carbonyl (C=O) groups is 2. The molecule has 0 saturated carbocycles. The lowest BCUT2D eigenvalue weighted by Gasteiger charge is -2.42. The molecule has 0 atom stereocenters. The fraction of sp³-hybridized carbons (Fsp3) is 0.529. The molecular weight excluding hydrogens is 356 g/mol. The van der Waals surface area contributed by atoms with Crippen LogP contribution in [0.2, 0.25) is 0 Å². The number of amides is 3. The van der Waals surface area contributed by atoms with E-state index in [-0.39, 0.29) is 25.0 Å². The Balaban J connectivity index is 1.87. The summed E-state index contributed by atoms with van der Waals surface area (Å²) in [6.45, 7) is 0.744. The fourth-order valence-corrected chi connectivity index (χ4v) is 4.77. The van der Waals surface area contributed by atoms with Gasteiger partial charge in [-0.15, -0.1) is 0 Å². The topological polar surface area (TPSA) is 81.2 Å². The first kappa shape index (κ1) is 18.8. The van der Waals surface area contributed by atoms with Gasteiger partial charge in [0.05, 0.1) is 0 Å². The van der Waals surface area contributed by atoms with Crippen molar-refractivity contribution in [2.45, 2.75) is 24.9 Å². The van der Waals surface area contributed by atoms with Crippen LogP contribution in [0, 0.1) is 0 Å². The molecule has 0 unspecified atom stereocenters. The second-order valence-electron chi connectivity index (χ2n) is 6.94. The number of hydrogen-bond donors (Lipinski definition) is 0. The van der Waals surface area contributed by atoms with E-state index >= 15 is 0 Å². The van der Waals surface area contributed by atoms with E-state index in [4.69, 9.17) is 0 Å². The molecule has 1 spiro atoms. The Labute approximate surface area is 154 Å². The summed E-state index contributed by atoms with van der Waals surface area (Å²) in [6.07, 6.45) is 0.587. The van der Waals surface area contributed by atoms with Gasteiger partial charge in [0.2, 0.25) is 0 Å². The van der Waals surface area contributed by atoms with Gasteiger partial charge in [0.1, 0.15) is 5.54 Å². The largest absolute Gasteiger partial charge is 0.327 e. The number of benzene rings is 1. The zero-order chi connectivity index (χ0) is 19.1. The molecule has 2 saturated heterocycles. The molecule has 2 heterocycles. The number of nitrogens with zero attached hydrogens (tertiary/aromatic N) is 4. The predicted molar refractivity (Wildman–Crippen MR) is 96.3 cm³/mol. The van der Waals surface area contributed by atoms with E-state index in [1.54, 1.807) is 4.90 Å². The third kappa shape index (κ3) is 2.89. The van der Waals surface area contributed by atoms with Crippen LogP contribution < -0.4 is 0 Å². The first-order valence-corrected chi connectivity index (χ1v) is 9.91. The Hall–Kier alpha value is -1.97. The molecule has 8 nitrogen and oxygen atoms in total. The molecule has 2 aliphatic rings. The first-order valence-electron chi connectivity index (χ1n) is 8.51. The normalized spacial score (nSPS) is 21.2. The molecule has 0 radical (unpaired) electrons. The lowest BCUT2D eigenvalue weighted by atomic mass is 9.86. The van der Waals surface area contributed by atoms with Crippen molar-refractivity contribution >= 4 is 22.1 Å². The molecule has 2 aliphatic heterocycles. The lowest BCUT2D eigenvalue weighted by Crippen LogP contribution is -2.58. The van der Waals surface area contributed by atoms with Gasteiger partial charge in [-0.25, -0.2) is 4.79 Å². The summed E-state index contributed by atoms with van der Waals surface area (Å²) >= 11 is 0. The second-order valence-corrected chi connectivity index (χ2v) is 9.08. The summed E-state index contributed by atoms with van der Waals surface area (Å²) in [4.78, 5) is 28.3. The zero-order valence-corrected chi connectivity index (χ0v) is 16.1. The zero-order valence-electron chi connectivity index (χ0n) is 15.3. The summed E-state index contributed by atoms with van der Waals surface area (Å²) in [7, 11) is 0.929. The third-order valence-corrected chi connectivity index (χ3v) is 7.20. The second kappa shape index (κ2) is 6.64. The summed E-state index contributed by atoms with van der Waals surface area (Å²) in [6, 6.07) is 9.17. The number of piperidine rings is 1. The van der Waals surface area contributed by atoms with Crippen LogP contribution in [0.1, 0.15) is 18.4 Å². The van der Waals surface area contributed by atoms with Crippen LogP contribution in [0.25, 0.3) is 0 Å². The van der Waals surface area contributed by atoms with E-state index < -0.39 is 15.7 Å². The highest BCUT2D eigenvalue weighted by Gasteiger charge is 2.57. The van der Waals surface area contributed by atoms with E-state index in [2.05, 4.69) is 0 Å². The molecule has 3 rings (SSSR count). The maximum absolute atomic E-state index is 12.9. The van der Waals surface area contributed by atoms with Crippen LogP contribution in [-0.4, -0.2) is 78.5 Å². The summed E-state index contributed by atoms with van der Waals surface area (Å²) in [5, 5.41) is 0. The van der Waals surface area contributed by atoms with Crippen LogP contribution >= 0.6 is 0 Å². The van der Waals surface area contributed by atoms with Crippen molar-refractivity contribution in [3.05, 3.63) is 35.9 Å². The maximum Gasteiger partial charge on any atom is 0.327 e. The molecule has 3 amide bonds. The van der Waals surface area contributed by atoms with Crippen LogP contribution in [0.5, 0.6) is 0 Å². The number of imide groups is 1. The van der Waals surface area contributed by atoms with Gasteiger partial charge in [0.15, 0.2) is 0 Å². The van der Waals surface area contributed by atoms with Gasteiger partial charge < -0.3 is 4.90 Å². The summed E-state index contributed by atoms with van der Waals surface area (Å²) < 4.78 is 27.2. The molecule has 0 aliphatic carbocycles. The smallest absolute Gasteiger partial charge is 0.305 e. The molecule has 9 heteroatoms. The Morgan fingerprint density at radius 2 is 1.65 bits per heavy atom. The van der Waals surface area contributed by atoms with E-state index in [0.717, 1.165) is 10.5 Å². The molecule has 0 N–H and O–H groups in total. The summed E-state index contributed by atoms with van der Waals surface area (Å²) in [5.74, 6) is -0.250. The van der Waals surface area contributed by atoms with Crippen LogP contribution in [-0.2, 0) is 21.5 Å². The monoisotopic (exact) mass is 380 g/mol. The maximum atomic E-state index is 12.9. The van der Waals surface area contributed by atoms with E-state index in [1.165, 1.54) is 29.8 Å². The van der Waals surface area contributed by atoms with Gasteiger partial charge in [-0.2, -0.15) is 17.0 Å². The van der Waals surface area contributed by atoms with Gasteiger partial charge in [-0.1, -0.05) is 30.3 Å². The minimum Gasteiger partial charge on any atom is -0.305 e. The molecule has 26 heavy (non-hydrogen) atoms. The highest BCUT2D eigenvalue weighted by atomic mass is 32.2. The lowest BCUT2D eigenvalue weighted by molar-refractivity contribution is -0.134. The number of hydrogen-bond acceptors (Lipinski definition) is 4. The Kier molecular flexibility index (Phi) is 4.80. The molecule has 142 valence electrons. The van der Waals surface area contributed by atoms with Crippen molar-refractivity contribution in [2.24, 2.45) is 0 Å². The number of rotatable bonds is 4. The average Bonchev–Trinajstić information content (AvgIpc) is 2.79. The highest BCUT2D eigenvalue weighted by Crippen LogP contribution is 2.38. The van der Waals surface area contributed by atoms with Crippen LogP contribution in [0.4, 0.5) is 4.79 Å². The first-order chi connectivity index (χ1) is 12.2. The Morgan fingerprint density at radius 1 is 1.08 bits per heavy atom. The standard InChI is InChI=1S/C17H24N4O4S/c1-18(2)26(24,25)20-11-9-17(10-12-20)15(22)19(3)16(23)21(17)13-14-7-5-4-6-8-14/h4-8H,9-13H2,1-3H3. The Morgan fingerprint density at radius 3 is 2.19 bits per heavy atom. The minimum atomic E-state index is -3.53.